The van der Waals surface area contributed by atoms with Gasteiger partial charge in [0.1, 0.15) is 5.02 Å². The second kappa shape index (κ2) is 5.85. The van der Waals surface area contributed by atoms with Crippen molar-refractivity contribution in [2.75, 3.05) is 5.32 Å². The summed E-state index contributed by atoms with van der Waals surface area (Å²) in [6.07, 6.45) is 1.72. The van der Waals surface area contributed by atoms with E-state index in [1.165, 1.54) is 12.1 Å². The van der Waals surface area contributed by atoms with Gasteiger partial charge in [-0.05, 0) is 43.7 Å². The van der Waals surface area contributed by atoms with Gasteiger partial charge in [-0.25, -0.2) is 0 Å². The Morgan fingerprint density at radius 1 is 1.17 bits per heavy atom. The minimum absolute atomic E-state index is 0.117. The van der Waals surface area contributed by atoms with Gasteiger partial charge < -0.3 is 5.32 Å². The smallest absolute Gasteiger partial charge is 0.289 e. The molecule has 0 saturated heterocycles. The first-order valence-corrected chi connectivity index (χ1v) is 7.40. The minimum Gasteiger partial charge on any atom is -0.355 e. The second-order valence-electron chi connectivity index (χ2n) is 5.38. The van der Waals surface area contributed by atoms with Crippen LogP contribution in [-0.4, -0.2) is 9.91 Å². The molecule has 1 aromatic heterocycles. The number of benzene rings is 2. The molecule has 23 heavy (non-hydrogen) atoms. The Balaban J connectivity index is 2.09. The third kappa shape index (κ3) is 2.96. The molecule has 0 radical (unpaired) electrons. The number of nitrogens with one attached hydrogen (secondary N) is 1. The van der Waals surface area contributed by atoms with Crippen LogP contribution in [0.15, 0.2) is 42.6 Å². The molecule has 1 heterocycles. The highest BCUT2D eigenvalue weighted by atomic mass is 35.5. The summed E-state index contributed by atoms with van der Waals surface area (Å²) in [6.45, 7) is 4.04. The summed E-state index contributed by atoms with van der Waals surface area (Å²) in [5.74, 6) is 0. The van der Waals surface area contributed by atoms with E-state index < -0.39 is 4.92 Å². The SMILES string of the molecule is Cc1cc(C)c2nccc(Nc3ccc(Cl)c([N+](=O)[O-])c3)c2c1. The van der Waals surface area contributed by atoms with Crippen LogP contribution >= 0.6 is 11.6 Å². The predicted molar refractivity (Wildman–Crippen MR) is 92.6 cm³/mol. The van der Waals surface area contributed by atoms with Crippen molar-refractivity contribution >= 4 is 39.6 Å². The molecule has 2 aromatic carbocycles. The molecule has 0 saturated carbocycles. The maximum absolute atomic E-state index is 11.0. The van der Waals surface area contributed by atoms with E-state index >= 15 is 0 Å². The number of hydrogen-bond acceptors (Lipinski definition) is 4. The van der Waals surface area contributed by atoms with Crippen molar-refractivity contribution in [3.63, 3.8) is 0 Å². The monoisotopic (exact) mass is 327 g/mol. The number of aryl methyl sites for hydroxylation is 2. The van der Waals surface area contributed by atoms with Gasteiger partial charge in [0.2, 0.25) is 0 Å². The van der Waals surface area contributed by atoms with Crippen molar-refractivity contribution in [1.29, 1.82) is 0 Å². The van der Waals surface area contributed by atoms with E-state index in [4.69, 9.17) is 11.6 Å². The molecule has 3 rings (SSSR count). The zero-order chi connectivity index (χ0) is 16.6. The molecule has 3 aromatic rings. The molecule has 1 N–H and O–H groups in total. The fourth-order valence-corrected chi connectivity index (χ4v) is 2.79. The van der Waals surface area contributed by atoms with Crippen LogP contribution in [0, 0.1) is 24.0 Å². The van der Waals surface area contributed by atoms with Gasteiger partial charge in [0.15, 0.2) is 0 Å². The Hall–Kier alpha value is -2.66. The largest absolute Gasteiger partial charge is 0.355 e. The van der Waals surface area contributed by atoms with E-state index in [1.54, 1.807) is 12.3 Å². The molecule has 0 bridgehead atoms. The number of pyridine rings is 1. The number of anilines is 2. The van der Waals surface area contributed by atoms with Crippen LogP contribution in [0.25, 0.3) is 10.9 Å². The van der Waals surface area contributed by atoms with Crippen LogP contribution in [0.3, 0.4) is 0 Å². The highest BCUT2D eigenvalue weighted by molar-refractivity contribution is 6.32. The number of nitrogens with zero attached hydrogens (tertiary/aromatic N) is 2. The minimum atomic E-state index is -0.494. The molecule has 0 unspecified atom stereocenters. The standard InChI is InChI=1S/C17H14ClN3O2/c1-10-7-11(2)17-13(8-10)15(5-6-19-17)20-12-3-4-14(18)16(9-12)21(22)23/h3-9H,1-2H3,(H,19,20). The number of rotatable bonds is 3. The molecule has 5 nitrogen and oxygen atoms in total. The van der Waals surface area contributed by atoms with E-state index in [2.05, 4.69) is 16.4 Å². The van der Waals surface area contributed by atoms with E-state index in [0.717, 1.165) is 27.7 Å². The van der Waals surface area contributed by atoms with Crippen molar-refractivity contribution in [2.45, 2.75) is 13.8 Å². The molecule has 0 aliphatic carbocycles. The summed E-state index contributed by atoms with van der Waals surface area (Å²) >= 11 is 5.85. The predicted octanol–water partition coefficient (Wildman–Crippen LogP) is 5.16. The number of aromatic nitrogens is 1. The highest BCUT2D eigenvalue weighted by Gasteiger charge is 2.13. The van der Waals surface area contributed by atoms with Gasteiger partial charge in [0, 0.05) is 29.0 Å². The van der Waals surface area contributed by atoms with E-state index in [1.807, 2.05) is 26.0 Å². The summed E-state index contributed by atoms with van der Waals surface area (Å²) in [5.41, 5.74) is 4.46. The number of nitro benzene ring substituents is 1. The van der Waals surface area contributed by atoms with Crippen molar-refractivity contribution in [3.05, 3.63) is 68.9 Å². The summed E-state index contributed by atoms with van der Waals surface area (Å²) in [5, 5.41) is 15.3. The van der Waals surface area contributed by atoms with Crippen LogP contribution in [0.5, 0.6) is 0 Å². The average molecular weight is 328 g/mol. The van der Waals surface area contributed by atoms with Crippen LogP contribution < -0.4 is 5.32 Å². The summed E-state index contributed by atoms with van der Waals surface area (Å²) < 4.78 is 0. The van der Waals surface area contributed by atoms with E-state index in [-0.39, 0.29) is 10.7 Å². The lowest BCUT2D eigenvalue weighted by Crippen LogP contribution is -1.96. The van der Waals surface area contributed by atoms with Gasteiger partial charge in [0.05, 0.1) is 10.4 Å². The van der Waals surface area contributed by atoms with E-state index in [9.17, 15) is 10.1 Å². The van der Waals surface area contributed by atoms with Gasteiger partial charge in [0.25, 0.3) is 5.69 Å². The molecule has 116 valence electrons. The quantitative estimate of drug-likeness (QED) is 0.533. The third-order valence-corrected chi connectivity index (χ3v) is 3.92. The number of fused-ring (bicyclic) bond motifs is 1. The lowest BCUT2D eigenvalue weighted by Gasteiger charge is -2.11. The maximum Gasteiger partial charge on any atom is 0.289 e. The van der Waals surface area contributed by atoms with Crippen LogP contribution in [-0.2, 0) is 0 Å². The average Bonchev–Trinajstić information content (AvgIpc) is 2.49. The van der Waals surface area contributed by atoms with Gasteiger partial charge in [-0.1, -0.05) is 23.2 Å². The first kappa shape index (κ1) is 15.2. The summed E-state index contributed by atoms with van der Waals surface area (Å²) in [4.78, 5) is 14.9. The highest BCUT2D eigenvalue weighted by Crippen LogP contribution is 2.32. The van der Waals surface area contributed by atoms with Crippen LogP contribution in [0.1, 0.15) is 11.1 Å². The molecule has 0 amide bonds. The number of hydrogen-bond donors (Lipinski definition) is 1. The Morgan fingerprint density at radius 3 is 2.70 bits per heavy atom. The molecule has 0 aliphatic heterocycles. The topological polar surface area (TPSA) is 68.1 Å². The second-order valence-corrected chi connectivity index (χ2v) is 5.79. The van der Waals surface area contributed by atoms with Crippen molar-refractivity contribution < 1.29 is 4.92 Å². The number of nitro groups is 1. The molecular formula is C17H14ClN3O2. The van der Waals surface area contributed by atoms with Gasteiger partial charge >= 0.3 is 0 Å². The zero-order valence-electron chi connectivity index (χ0n) is 12.6. The van der Waals surface area contributed by atoms with Gasteiger partial charge in [-0.2, -0.15) is 0 Å². The summed E-state index contributed by atoms with van der Waals surface area (Å²) in [6, 6.07) is 10.6. The van der Waals surface area contributed by atoms with Crippen molar-refractivity contribution in [3.8, 4) is 0 Å². The molecule has 0 fully saturated rings. The fourth-order valence-electron chi connectivity index (χ4n) is 2.61. The molecular weight excluding hydrogens is 314 g/mol. The third-order valence-electron chi connectivity index (χ3n) is 3.60. The van der Waals surface area contributed by atoms with Crippen LogP contribution in [0.2, 0.25) is 5.02 Å². The summed E-state index contributed by atoms with van der Waals surface area (Å²) in [7, 11) is 0. The Bertz CT molecular complexity index is 925. The first-order valence-electron chi connectivity index (χ1n) is 7.02. The maximum atomic E-state index is 11.0. The Morgan fingerprint density at radius 2 is 1.96 bits per heavy atom. The normalized spacial score (nSPS) is 10.7. The van der Waals surface area contributed by atoms with Crippen molar-refractivity contribution in [1.82, 2.24) is 4.98 Å². The lowest BCUT2D eigenvalue weighted by molar-refractivity contribution is -0.384. The van der Waals surface area contributed by atoms with Crippen molar-refractivity contribution in [2.24, 2.45) is 0 Å². The van der Waals surface area contributed by atoms with Gasteiger partial charge in [-0.3, -0.25) is 15.1 Å². The lowest BCUT2D eigenvalue weighted by atomic mass is 10.1. The zero-order valence-corrected chi connectivity index (χ0v) is 13.4. The van der Waals surface area contributed by atoms with Gasteiger partial charge in [-0.15, -0.1) is 0 Å². The Kier molecular flexibility index (Phi) is 3.88. The molecule has 0 atom stereocenters. The van der Waals surface area contributed by atoms with E-state index in [0.29, 0.717) is 5.69 Å². The molecule has 0 aliphatic rings. The molecule has 6 heteroatoms. The first-order chi connectivity index (χ1) is 11.0. The molecule has 0 spiro atoms. The number of halogens is 1. The fraction of sp³-hybridized carbons (Fsp3) is 0.118. The van der Waals surface area contributed by atoms with Crippen LogP contribution in [0.4, 0.5) is 17.1 Å². The Labute approximate surface area is 138 Å².